The van der Waals surface area contributed by atoms with Crippen LogP contribution in [0.3, 0.4) is 0 Å². The Kier molecular flexibility index (Phi) is 7.16. The molecule has 0 radical (unpaired) electrons. The molecule has 0 aliphatic carbocycles. The van der Waals surface area contributed by atoms with Gasteiger partial charge in [0, 0.05) is 31.2 Å². The number of anilines is 1. The van der Waals surface area contributed by atoms with E-state index in [-0.39, 0.29) is 24.0 Å². The van der Waals surface area contributed by atoms with Gasteiger partial charge in [0.05, 0.1) is 23.8 Å². The van der Waals surface area contributed by atoms with Crippen LogP contribution in [0.25, 0.3) is 0 Å². The molecule has 35 heavy (non-hydrogen) atoms. The van der Waals surface area contributed by atoms with Crippen LogP contribution in [-0.4, -0.2) is 76.6 Å². The van der Waals surface area contributed by atoms with Crippen molar-refractivity contribution in [1.29, 1.82) is 0 Å². The van der Waals surface area contributed by atoms with E-state index >= 15 is 0 Å². The van der Waals surface area contributed by atoms with E-state index in [1.165, 1.54) is 6.08 Å². The number of amides is 3. The number of aromatic nitrogens is 2. The van der Waals surface area contributed by atoms with E-state index < -0.39 is 5.54 Å². The highest BCUT2D eigenvalue weighted by Crippen LogP contribution is 2.41. The maximum atomic E-state index is 13.5. The number of urea groups is 1. The van der Waals surface area contributed by atoms with Crippen LogP contribution in [0.4, 0.5) is 10.6 Å². The molecule has 1 aromatic heterocycles. The van der Waals surface area contributed by atoms with E-state index in [1.54, 1.807) is 0 Å². The van der Waals surface area contributed by atoms with E-state index in [1.807, 2.05) is 68.1 Å². The zero-order valence-corrected chi connectivity index (χ0v) is 21.2. The van der Waals surface area contributed by atoms with Crippen LogP contribution in [0.1, 0.15) is 49.6 Å². The lowest BCUT2D eigenvalue weighted by atomic mass is 10.0. The van der Waals surface area contributed by atoms with Crippen LogP contribution in [0.2, 0.25) is 0 Å². The Labute approximate surface area is 207 Å². The van der Waals surface area contributed by atoms with Gasteiger partial charge in [0.15, 0.2) is 5.82 Å². The summed E-state index contributed by atoms with van der Waals surface area (Å²) in [6.45, 7) is 10.2. The fourth-order valence-corrected chi connectivity index (χ4v) is 5.04. The van der Waals surface area contributed by atoms with Crippen molar-refractivity contribution in [2.45, 2.75) is 50.9 Å². The van der Waals surface area contributed by atoms with Crippen LogP contribution in [0, 0.1) is 0 Å². The number of rotatable bonds is 7. The number of likely N-dealkylation sites (tertiary alicyclic amines) is 1. The Bertz CT molecular complexity index is 1050. The highest BCUT2D eigenvalue weighted by Gasteiger charge is 2.44. The van der Waals surface area contributed by atoms with Crippen LogP contribution < -0.4 is 10.6 Å². The van der Waals surface area contributed by atoms with E-state index in [9.17, 15) is 9.59 Å². The first-order chi connectivity index (χ1) is 16.7. The van der Waals surface area contributed by atoms with Gasteiger partial charge in [-0.25, -0.2) is 4.79 Å². The smallest absolute Gasteiger partial charge is 0.319 e. The normalized spacial score (nSPS) is 18.3. The van der Waals surface area contributed by atoms with Crippen molar-refractivity contribution in [3.8, 4) is 0 Å². The van der Waals surface area contributed by atoms with Gasteiger partial charge in [0.1, 0.15) is 0 Å². The largest absolute Gasteiger partial charge is 0.365 e. The molecule has 1 saturated heterocycles. The molecule has 9 nitrogen and oxygen atoms in total. The molecular weight excluding hydrogens is 442 g/mol. The van der Waals surface area contributed by atoms with Crippen molar-refractivity contribution in [3.05, 3.63) is 59.8 Å². The Morgan fingerprint density at radius 2 is 1.94 bits per heavy atom. The molecule has 0 spiro atoms. The Hall–Kier alpha value is -3.33. The molecule has 188 valence electrons. The summed E-state index contributed by atoms with van der Waals surface area (Å²) in [6.07, 6.45) is 3.06. The van der Waals surface area contributed by atoms with Gasteiger partial charge in [0.2, 0.25) is 5.91 Å². The maximum absolute atomic E-state index is 13.5. The minimum atomic E-state index is -0.522. The minimum absolute atomic E-state index is 0.0180. The number of hydrogen-bond acceptors (Lipinski definition) is 5. The van der Waals surface area contributed by atoms with Gasteiger partial charge in [-0.3, -0.25) is 9.89 Å². The van der Waals surface area contributed by atoms with Gasteiger partial charge in [-0.1, -0.05) is 36.9 Å². The second-order valence-corrected chi connectivity index (χ2v) is 10.2. The number of piperidine rings is 1. The molecule has 2 aliphatic heterocycles. The predicted octanol–water partition coefficient (Wildman–Crippen LogP) is 3.06. The number of benzene rings is 1. The van der Waals surface area contributed by atoms with Crippen molar-refractivity contribution in [2.75, 3.05) is 39.0 Å². The van der Waals surface area contributed by atoms with Crippen molar-refractivity contribution in [2.24, 2.45) is 0 Å². The second-order valence-electron chi connectivity index (χ2n) is 10.2. The van der Waals surface area contributed by atoms with Gasteiger partial charge < -0.3 is 25.3 Å². The summed E-state index contributed by atoms with van der Waals surface area (Å²) in [7, 11) is 4.02. The molecule has 3 amide bonds. The second kappa shape index (κ2) is 10.1. The van der Waals surface area contributed by atoms with Gasteiger partial charge in [0.25, 0.3) is 0 Å². The highest BCUT2D eigenvalue weighted by molar-refractivity contribution is 5.87. The molecule has 3 heterocycles. The van der Waals surface area contributed by atoms with Gasteiger partial charge in [-0.2, -0.15) is 5.10 Å². The van der Waals surface area contributed by atoms with Crippen LogP contribution in [-0.2, 0) is 16.9 Å². The summed E-state index contributed by atoms with van der Waals surface area (Å²) in [5, 5.41) is 14.5. The van der Waals surface area contributed by atoms with Gasteiger partial charge in [-0.15, -0.1) is 0 Å². The van der Waals surface area contributed by atoms with Gasteiger partial charge in [-0.05, 0) is 52.4 Å². The number of hydrogen-bond donors (Lipinski definition) is 3. The first-order valence-corrected chi connectivity index (χ1v) is 12.2. The number of H-pyrrole nitrogens is 1. The quantitative estimate of drug-likeness (QED) is 0.531. The van der Waals surface area contributed by atoms with Crippen molar-refractivity contribution >= 4 is 17.8 Å². The van der Waals surface area contributed by atoms with E-state index in [0.717, 1.165) is 35.5 Å². The van der Waals surface area contributed by atoms with Crippen molar-refractivity contribution in [1.82, 2.24) is 30.2 Å². The molecule has 1 fully saturated rings. The molecule has 2 aromatic rings. The molecule has 4 rings (SSSR count). The number of nitrogens with zero attached hydrogens (tertiary/aromatic N) is 4. The predicted molar refractivity (Wildman–Crippen MR) is 137 cm³/mol. The monoisotopic (exact) mass is 479 g/mol. The van der Waals surface area contributed by atoms with Crippen LogP contribution in [0.5, 0.6) is 0 Å². The number of likely N-dealkylation sites (N-methyl/N-ethyl adjacent to an activating group) is 1. The molecule has 0 saturated carbocycles. The number of aromatic amines is 1. The van der Waals surface area contributed by atoms with Crippen molar-refractivity contribution < 1.29 is 9.59 Å². The third-order valence-electron chi connectivity index (χ3n) is 7.08. The summed E-state index contributed by atoms with van der Waals surface area (Å²) >= 11 is 0. The van der Waals surface area contributed by atoms with E-state index in [2.05, 4.69) is 32.3 Å². The summed E-state index contributed by atoms with van der Waals surface area (Å²) in [6, 6.07) is 10.1. The Morgan fingerprint density at radius 3 is 2.57 bits per heavy atom. The van der Waals surface area contributed by atoms with Crippen LogP contribution >= 0.6 is 0 Å². The van der Waals surface area contributed by atoms with E-state index in [4.69, 9.17) is 0 Å². The SMILES string of the molecule is C=CC(=O)N1CCC(Nc2n[nH]c3c2CN(C(=O)NC(CN(C)C)c2ccccc2)C3(C)C)CC1. The van der Waals surface area contributed by atoms with Gasteiger partial charge >= 0.3 is 6.03 Å². The Morgan fingerprint density at radius 1 is 1.26 bits per heavy atom. The third kappa shape index (κ3) is 5.19. The topological polar surface area (TPSA) is 96.6 Å². The molecule has 1 unspecified atom stereocenters. The molecule has 1 aromatic carbocycles. The lowest BCUT2D eigenvalue weighted by Crippen LogP contribution is -2.48. The molecular formula is C26H37N7O2. The zero-order valence-electron chi connectivity index (χ0n) is 21.2. The summed E-state index contributed by atoms with van der Waals surface area (Å²) in [4.78, 5) is 31.2. The first kappa shape index (κ1) is 24.8. The van der Waals surface area contributed by atoms with E-state index in [0.29, 0.717) is 26.2 Å². The fourth-order valence-electron chi connectivity index (χ4n) is 5.04. The maximum Gasteiger partial charge on any atom is 0.319 e. The number of carbonyl (C=O) groups is 2. The summed E-state index contributed by atoms with van der Waals surface area (Å²) < 4.78 is 0. The standard InChI is InChI=1S/C26H37N7O2/c1-6-22(34)32-14-12-19(13-15-32)27-24-20-16-33(26(2,3)23(20)29-30-24)25(35)28-21(17-31(4)5)18-10-8-7-9-11-18/h6-11,19,21H,1,12-17H2,2-5H3,(H,28,35)(H2,27,29,30). The highest BCUT2D eigenvalue weighted by atomic mass is 16.2. The molecule has 0 bridgehead atoms. The Balaban J connectivity index is 1.44. The molecule has 3 N–H and O–H groups in total. The number of carbonyl (C=O) groups excluding carboxylic acids is 2. The zero-order chi connectivity index (χ0) is 25.2. The molecule has 2 aliphatic rings. The lowest BCUT2D eigenvalue weighted by molar-refractivity contribution is -0.126. The average Bonchev–Trinajstić information content (AvgIpc) is 3.36. The lowest BCUT2D eigenvalue weighted by Gasteiger charge is -2.34. The summed E-state index contributed by atoms with van der Waals surface area (Å²) in [5.74, 6) is 0.778. The summed E-state index contributed by atoms with van der Waals surface area (Å²) in [5.41, 5.74) is 2.54. The molecule has 9 heteroatoms. The average molecular weight is 480 g/mol. The molecule has 1 atom stereocenters. The third-order valence-corrected chi connectivity index (χ3v) is 7.08. The minimum Gasteiger partial charge on any atom is -0.365 e. The van der Waals surface area contributed by atoms with Crippen molar-refractivity contribution in [3.63, 3.8) is 0 Å². The van der Waals surface area contributed by atoms with Crippen LogP contribution in [0.15, 0.2) is 43.0 Å². The first-order valence-electron chi connectivity index (χ1n) is 12.2. The number of fused-ring (bicyclic) bond motifs is 1. The fraction of sp³-hybridized carbons (Fsp3) is 0.500. The number of nitrogens with one attached hydrogen (secondary N) is 3.